The van der Waals surface area contributed by atoms with Crippen LogP contribution in [0.3, 0.4) is 0 Å². The molecule has 1 N–H and O–H groups in total. The molecular weight excluding hydrogens is 278 g/mol. The first-order valence-electron chi connectivity index (χ1n) is 6.86. The van der Waals surface area contributed by atoms with Crippen molar-refractivity contribution in [2.45, 2.75) is 37.3 Å². The molecule has 0 unspecified atom stereocenters. The number of amides is 1. The van der Waals surface area contributed by atoms with E-state index in [4.69, 9.17) is 4.74 Å². The number of amidine groups is 1. The van der Waals surface area contributed by atoms with E-state index in [9.17, 15) is 13.6 Å². The van der Waals surface area contributed by atoms with Gasteiger partial charge in [-0.2, -0.15) is 0 Å². The molecule has 0 saturated heterocycles. The summed E-state index contributed by atoms with van der Waals surface area (Å²) in [5, 5.41) is 2.51. The van der Waals surface area contributed by atoms with Crippen molar-refractivity contribution in [1.82, 2.24) is 5.32 Å². The molecule has 0 bridgehead atoms. The van der Waals surface area contributed by atoms with Crippen LogP contribution in [0.5, 0.6) is 0 Å². The molecule has 110 valence electrons. The molecule has 1 aliphatic heterocycles. The lowest BCUT2D eigenvalue weighted by Crippen LogP contribution is -2.45. The van der Waals surface area contributed by atoms with E-state index in [1.165, 1.54) is 6.92 Å². The molecule has 0 aromatic heterocycles. The molecule has 4 nitrogen and oxygen atoms in total. The van der Waals surface area contributed by atoms with E-state index in [-0.39, 0.29) is 6.02 Å². The van der Waals surface area contributed by atoms with Crippen LogP contribution in [0.15, 0.2) is 35.3 Å². The molecule has 2 fully saturated rings. The zero-order chi connectivity index (χ0) is 14.9. The van der Waals surface area contributed by atoms with Crippen molar-refractivity contribution >= 4 is 11.9 Å². The van der Waals surface area contributed by atoms with Gasteiger partial charge in [-0.05, 0) is 19.1 Å². The smallest absolute Gasteiger partial charge is 0.293 e. The number of nitrogens with zero attached hydrogens (tertiary/aromatic N) is 1. The van der Waals surface area contributed by atoms with Gasteiger partial charge in [0.1, 0.15) is 11.1 Å². The molecule has 3 aliphatic rings. The Morgan fingerprint density at radius 2 is 2.00 bits per heavy atom. The van der Waals surface area contributed by atoms with Crippen molar-refractivity contribution in [3.8, 4) is 0 Å². The van der Waals surface area contributed by atoms with Crippen LogP contribution < -0.4 is 5.32 Å². The Balaban J connectivity index is 1.59. The van der Waals surface area contributed by atoms with Gasteiger partial charge in [0, 0.05) is 23.8 Å². The lowest BCUT2D eigenvalue weighted by atomic mass is 9.89. The van der Waals surface area contributed by atoms with Crippen LogP contribution in [-0.2, 0) is 4.74 Å². The molecule has 0 radical (unpaired) electrons. The van der Waals surface area contributed by atoms with Crippen molar-refractivity contribution in [2.24, 2.45) is 10.4 Å². The van der Waals surface area contributed by atoms with E-state index in [1.54, 1.807) is 30.3 Å². The van der Waals surface area contributed by atoms with Crippen molar-refractivity contribution in [3.05, 3.63) is 35.9 Å². The number of nitrogens with one attached hydrogen (secondary N) is 1. The average Bonchev–Trinajstić information content (AvgIpc) is 3.26. The number of carbonyl (C=O) groups excluding carboxylic acids is 1. The third-order valence-corrected chi connectivity index (χ3v) is 5.07. The zero-order valence-corrected chi connectivity index (χ0v) is 11.4. The predicted molar refractivity (Wildman–Crippen MR) is 71.2 cm³/mol. The third-order valence-electron chi connectivity index (χ3n) is 5.07. The molecule has 1 amide bonds. The van der Waals surface area contributed by atoms with E-state index in [2.05, 4.69) is 10.3 Å². The molecule has 4 rings (SSSR count). The van der Waals surface area contributed by atoms with Gasteiger partial charge in [-0.1, -0.05) is 18.2 Å². The number of hydrogen-bond acceptors (Lipinski definition) is 3. The standard InChI is InChI=1S/C15H14F2N2O2/c1-13(11(16)17)14-7-15(14,8-14)21-12(19-13)18-10(20)9-5-3-2-4-6-9/h2-6,11H,7-8H2,1H3,(H,18,19,20)/t13-,14?,15?/m1/s1. The summed E-state index contributed by atoms with van der Waals surface area (Å²) in [6, 6.07) is 8.45. The fraction of sp³-hybridized carbons (Fsp3) is 0.467. The summed E-state index contributed by atoms with van der Waals surface area (Å²) in [5.41, 5.74) is -2.07. The van der Waals surface area contributed by atoms with Crippen LogP contribution in [-0.4, -0.2) is 29.5 Å². The van der Waals surface area contributed by atoms with Gasteiger partial charge in [0.15, 0.2) is 0 Å². The minimum Gasteiger partial charge on any atom is -0.458 e. The van der Waals surface area contributed by atoms with Gasteiger partial charge in [0.2, 0.25) is 0 Å². The summed E-state index contributed by atoms with van der Waals surface area (Å²) in [6.45, 7) is 1.45. The summed E-state index contributed by atoms with van der Waals surface area (Å²) in [7, 11) is 0. The molecule has 6 heteroatoms. The number of benzene rings is 1. The average molecular weight is 292 g/mol. The fourth-order valence-corrected chi connectivity index (χ4v) is 3.42. The number of rotatable bonds is 2. The van der Waals surface area contributed by atoms with Gasteiger partial charge < -0.3 is 4.74 Å². The van der Waals surface area contributed by atoms with E-state index in [0.717, 1.165) is 0 Å². The Bertz CT molecular complexity index is 653. The summed E-state index contributed by atoms with van der Waals surface area (Å²) in [6.07, 6.45) is -1.39. The highest BCUT2D eigenvalue weighted by Gasteiger charge is 2.95. The second-order valence-corrected chi connectivity index (χ2v) is 6.22. The van der Waals surface area contributed by atoms with E-state index in [0.29, 0.717) is 18.4 Å². The molecule has 21 heavy (non-hydrogen) atoms. The highest BCUT2D eigenvalue weighted by atomic mass is 19.3. The second-order valence-electron chi connectivity index (χ2n) is 6.22. The van der Waals surface area contributed by atoms with Gasteiger partial charge in [0.05, 0.1) is 0 Å². The Hall–Kier alpha value is -1.98. The minimum atomic E-state index is -2.57. The lowest BCUT2D eigenvalue weighted by Gasteiger charge is -2.29. The molecule has 2 aliphatic carbocycles. The summed E-state index contributed by atoms with van der Waals surface area (Å²) < 4.78 is 32.5. The van der Waals surface area contributed by atoms with Gasteiger partial charge in [0.25, 0.3) is 18.4 Å². The van der Waals surface area contributed by atoms with Crippen LogP contribution >= 0.6 is 0 Å². The van der Waals surface area contributed by atoms with Crippen LogP contribution in [0.25, 0.3) is 0 Å². The van der Waals surface area contributed by atoms with E-state index in [1.807, 2.05) is 0 Å². The monoisotopic (exact) mass is 292 g/mol. The highest BCUT2D eigenvalue weighted by molar-refractivity contribution is 6.04. The Morgan fingerprint density at radius 1 is 1.33 bits per heavy atom. The van der Waals surface area contributed by atoms with E-state index >= 15 is 0 Å². The first-order valence-corrected chi connectivity index (χ1v) is 6.86. The van der Waals surface area contributed by atoms with Crippen molar-refractivity contribution in [1.29, 1.82) is 0 Å². The zero-order valence-electron chi connectivity index (χ0n) is 11.4. The van der Waals surface area contributed by atoms with Crippen molar-refractivity contribution in [3.63, 3.8) is 0 Å². The maximum Gasteiger partial charge on any atom is 0.293 e. The molecule has 1 heterocycles. The number of carbonyl (C=O) groups is 1. The number of alkyl halides is 2. The normalized spacial score (nSPS) is 38.8. The minimum absolute atomic E-state index is 0.0859. The number of ether oxygens (including phenoxy) is 1. The van der Waals surface area contributed by atoms with E-state index < -0.39 is 28.9 Å². The highest BCUT2D eigenvalue weighted by Crippen LogP contribution is 2.87. The van der Waals surface area contributed by atoms with Gasteiger partial charge in [-0.3, -0.25) is 10.1 Å². The van der Waals surface area contributed by atoms with Gasteiger partial charge >= 0.3 is 0 Å². The molecule has 1 atom stereocenters. The van der Waals surface area contributed by atoms with Gasteiger partial charge in [-0.15, -0.1) is 0 Å². The molecular formula is C15H14F2N2O2. The maximum absolute atomic E-state index is 13.4. The first kappa shape index (κ1) is 12.7. The predicted octanol–water partition coefficient (Wildman–Crippen LogP) is 2.36. The SMILES string of the molecule is C[C@]1(C(F)F)N=C(NC(=O)c2ccccc2)OC23CC21C3. The second kappa shape index (κ2) is 3.61. The van der Waals surface area contributed by atoms with Crippen LogP contribution in [0.4, 0.5) is 8.78 Å². The Morgan fingerprint density at radius 3 is 2.62 bits per heavy atom. The molecule has 2 saturated carbocycles. The van der Waals surface area contributed by atoms with Crippen molar-refractivity contribution in [2.75, 3.05) is 0 Å². The number of aliphatic imine (C=N–C) groups is 1. The summed E-state index contributed by atoms with van der Waals surface area (Å²) in [5.74, 6) is -0.406. The van der Waals surface area contributed by atoms with Crippen molar-refractivity contribution < 1.29 is 18.3 Å². The first-order chi connectivity index (χ1) is 9.92. The molecule has 1 aromatic carbocycles. The Kier molecular flexibility index (Phi) is 2.19. The summed E-state index contributed by atoms with van der Waals surface area (Å²) >= 11 is 0. The third kappa shape index (κ3) is 1.47. The lowest BCUT2D eigenvalue weighted by molar-refractivity contribution is 0.0271. The molecule has 1 aromatic rings. The largest absolute Gasteiger partial charge is 0.458 e. The molecule has 0 spiro atoms. The summed E-state index contributed by atoms with van der Waals surface area (Å²) in [4.78, 5) is 16.1. The van der Waals surface area contributed by atoms with Crippen LogP contribution in [0.2, 0.25) is 0 Å². The van der Waals surface area contributed by atoms with Gasteiger partial charge in [-0.25, -0.2) is 13.8 Å². The Labute approximate surface area is 120 Å². The fourth-order valence-electron chi connectivity index (χ4n) is 3.42. The number of halogens is 2. The quantitative estimate of drug-likeness (QED) is 0.909. The number of hydrogen-bond donors (Lipinski definition) is 1. The van der Waals surface area contributed by atoms with Crippen LogP contribution in [0.1, 0.15) is 30.1 Å². The van der Waals surface area contributed by atoms with Crippen LogP contribution in [0, 0.1) is 5.41 Å². The topological polar surface area (TPSA) is 50.7 Å². The maximum atomic E-state index is 13.4.